The van der Waals surface area contributed by atoms with Crippen molar-refractivity contribution in [3.63, 3.8) is 0 Å². The summed E-state index contributed by atoms with van der Waals surface area (Å²) < 4.78 is 69.5. The van der Waals surface area contributed by atoms with Gasteiger partial charge in [0, 0.05) is 12.1 Å². The number of anilines is 1. The van der Waals surface area contributed by atoms with Crippen molar-refractivity contribution >= 4 is 43.0 Å². The summed E-state index contributed by atoms with van der Waals surface area (Å²) in [4.78, 5) is -0.178. The molecule has 3 aromatic rings. The van der Waals surface area contributed by atoms with E-state index in [2.05, 4.69) is 4.72 Å². The van der Waals surface area contributed by atoms with E-state index in [1.54, 1.807) is 24.3 Å². The zero-order valence-corrected chi connectivity index (χ0v) is 20.8. The van der Waals surface area contributed by atoms with Crippen LogP contribution >= 0.6 is 0 Å². The Bertz CT molecular complexity index is 1340. The lowest BCUT2D eigenvalue weighted by atomic mass is 10.2. The molecule has 0 aliphatic heterocycles. The van der Waals surface area contributed by atoms with Crippen LogP contribution in [0.4, 0.5) is 5.69 Å². The number of rotatable bonds is 7. The molecule has 0 atom stereocenters. The Hall–Kier alpha value is -2.89. The summed E-state index contributed by atoms with van der Waals surface area (Å²) in [6.45, 7) is 8.96. The van der Waals surface area contributed by atoms with E-state index in [4.69, 9.17) is 9.15 Å². The van der Waals surface area contributed by atoms with Crippen LogP contribution in [0, 0.1) is 6.92 Å². The number of hydrogen-bond donors (Lipinski definition) is 1. The van der Waals surface area contributed by atoms with Crippen LogP contribution in [0.1, 0.15) is 32.2 Å². The Balaban J connectivity index is 0.000000294. The number of hydrogen-bond acceptors (Lipinski definition) is 7. The van der Waals surface area contributed by atoms with Crippen LogP contribution in [0.3, 0.4) is 0 Å². The molecular weight excluding hydrogens is 468 g/mol. The van der Waals surface area contributed by atoms with Gasteiger partial charge in [0.25, 0.3) is 5.52 Å². The van der Waals surface area contributed by atoms with E-state index < -0.39 is 20.1 Å². The number of aromatic nitrogens is 1. The standard InChI is InChI=1S/C15H21N2O4S.C7H8O3S/c1-5-17-13-8-7-12(16-22(4,18)19)10-14(13)21-15(17)9-11(3)20-6-2;1-6-2-4-7(5-3-6)11(8,9)10/h7-10,16H,5-6H2,1-4H3;2-5H,1H3,(H,8,9,10)/q+1;/p-1. The number of ether oxygens (including phenoxy) is 1. The van der Waals surface area contributed by atoms with Crippen LogP contribution in [0.25, 0.3) is 17.2 Å². The molecule has 3 rings (SSSR count). The molecule has 0 saturated heterocycles. The summed E-state index contributed by atoms with van der Waals surface area (Å²) in [5, 5.41) is 0. The molecule has 1 heterocycles. The summed E-state index contributed by atoms with van der Waals surface area (Å²) in [7, 11) is -7.58. The van der Waals surface area contributed by atoms with E-state index in [9.17, 15) is 21.4 Å². The van der Waals surface area contributed by atoms with Gasteiger partial charge in [0.15, 0.2) is 0 Å². The molecule has 180 valence electrons. The Morgan fingerprint density at radius 1 is 1.12 bits per heavy atom. The highest BCUT2D eigenvalue weighted by molar-refractivity contribution is 7.92. The van der Waals surface area contributed by atoms with Crippen molar-refractivity contribution in [1.82, 2.24) is 0 Å². The molecule has 11 heteroatoms. The van der Waals surface area contributed by atoms with E-state index in [-0.39, 0.29) is 4.90 Å². The van der Waals surface area contributed by atoms with E-state index in [0.29, 0.717) is 23.8 Å². The largest absolute Gasteiger partial charge is 0.744 e. The first-order valence-electron chi connectivity index (χ1n) is 10.1. The van der Waals surface area contributed by atoms with Crippen molar-refractivity contribution in [2.75, 3.05) is 17.6 Å². The number of nitrogens with one attached hydrogen (secondary N) is 1. The minimum Gasteiger partial charge on any atom is -0.744 e. The summed E-state index contributed by atoms with van der Waals surface area (Å²) in [6, 6.07) is 11.0. The van der Waals surface area contributed by atoms with Crippen molar-refractivity contribution in [1.29, 1.82) is 0 Å². The Morgan fingerprint density at radius 2 is 1.76 bits per heavy atom. The number of nitrogens with zero attached hydrogens (tertiary/aromatic N) is 1. The second-order valence-corrected chi connectivity index (χ2v) is 10.3. The van der Waals surface area contributed by atoms with Gasteiger partial charge in [-0.25, -0.2) is 16.8 Å². The van der Waals surface area contributed by atoms with Gasteiger partial charge in [0.2, 0.25) is 15.6 Å². The molecule has 1 N–H and O–H groups in total. The first-order chi connectivity index (χ1) is 15.3. The summed E-state index contributed by atoms with van der Waals surface area (Å²) in [6.07, 6.45) is 2.95. The highest BCUT2D eigenvalue weighted by atomic mass is 32.2. The Morgan fingerprint density at radius 3 is 2.27 bits per heavy atom. The second-order valence-electron chi connectivity index (χ2n) is 7.20. The third-order valence-electron chi connectivity index (χ3n) is 4.36. The van der Waals surface area contributed by atoms with Crippen LogP contribution in [-0.2, 0) is 31.4 Å². The lowest BCUT2D eigenvalue weighted by molar-refractivity contribution is -0.674. The molecule has 0 unspecified atom stereocenters. The zero-order valence-electron chi connectivity index (χ0n) is 19.2. The maximum absolute atomic E-state index is 11.3. The molecule has 1 aromatic heterocycles. The second kappa shape index (κ2) is 10.8. The number of benzene rings is 2. The van der Waals surface area contributed by atoms with Crippen molar-refractivity contribution in [3.05, 3.63) is 59.7 Å². The lowest BCUT2D eigenvalue weighted by Gasteiger charge is -2.05. The van der Waals surface area contributed by atoms with Gasteiger partial charge in [-0.3, -0.25) is 4.72 Å². The minimum atomic E-state index is -4.27. The summed E-state index contributed by atoms with van der Waals surface area (Å²) >= 11 is 0. The van der Waals surface area contributed by atoms with Gasteiger partial charge < -0.3 is 13.7 Å². The van der Waals surface area contributed by atoms with Gasteiger partial charge in [0.1, 0.15) is 22.4 Å². The summed E-state index contributed by atoms with van der Waals surface area (Å²) in [5.74, 6) is 1.43. The highest BCUT2D eigenvalue weighted by Crippen LogP contribution is 2.21. The summed E-state index contributed by atoms with van der Waals surface area (Å²) in [5.41, 5.74) is 2.92. The van der Waals surface area contributed by atoms with E-state index >= 15 is 0 Å². The first kappa shape index (κ1) is 26.4. The first-order valence-corrected chi connectivity index (χ1v) is 13.4. The number of fused-ring (bicyclic) bond motifs is 1. The molecule has 9 nitrogen and oxygen atoms in total. The van der Waals surface area contributed by atoms with Gasteiger partial charge in [-0.15, -0.1) is 0 Å². The monoisotopic (exact) mass is 496 g/mol. The molecule has 2 aromatic carbocycles. The SMILES string of the molecule is CCOC(C)=Cc1oc2cc(NS(C)(=O)=O)ccc2[n+]1CC.Cc1ccc(S(=O)(=O)[O-])cc1. The maximum Gasteiger partial charge on any atom is 0.377 e. The molecule has 0 aliphatic rings. The van der Waals surface area contributed by atoms with Crippen molar-refractivity contribution in [2.24, 2.45) is 0 Å². The lowest BCUT2D eigenvalue weighted by Crippen LogP contribution is -2.33. The minimum absolute atomic E-state index is 0.178. The molecule has 0 fully saturated rings. The average Bonchev–Trinajstić information content (AvgIpc) is 3.03. The highest BCUT2D eigenvalue weighted by Gasteiger charge is 2.20. The predicted molar refractivity (Wildman–Crippen MR) is 125 cm³/mol. The smallest absolute Gasteiger partial charge is 0.377 e. The maximum atomic E-state index is 11.3. The van der Waals surface area contributed by atoms with Crippen LogP contribution < -0.4 is 9.29 Å². The van der Waals surface area contributed by atoms with Gasteiger partial charge in [-0.05, 0) is 45.9 Å². The van der Waals surface area contributed by atoms with Crippen LogP contribution in [0.15, 0.2) is 57.5 Å². The average molecular weight is 497 g/mol. The third-order valence-corrected chi connectivity index (χ3v) is 5.82. The molecule has 0 spiro atoms. The van der Waals surface area contributed by atoms with Crippen molar-refractivity contribution in [2.45, 2.75) is 39.1 Å². The molecule has 0 amide bonds. The van der Waals surface area contributed by atoms with Gasteiger partial charge in [-0.2, -0.15) is 4.57 Å². The van der Waals surface area contributed by atoms with Gasteiger partial charge >= 0.3 is 5.89 Å². The fourth-order valence-electron chi connectivity index (χ4n) is 2.96. The van der Waals surface area contributed by atoms with Crippen molar-refractivity contribution < 1.29 is 35.1 Å². The Labute approximate surface area is 194 Å². The number of aryl methyl sites for hydroxylation is 2. The third kappa shape index (κ3) is 7.88. The molecule has 0 bridgehead atoms. The van der Waals surface area contributed by atoms with Crippen molar-refractivity contribution in [3.8, 4) is 0 Å². The predicted octanol–water partition coefficient (Wildman–Crippen LogP) is 3.41. The number of allylic oxidation sites excluding steroid dienone is 1. The fourth-order valence-corrected chi connectivity index (χ4v) is 3.99. The van der Waals surface area contributed by atoms with E-state index in [1.807, 2.05) is 44.4 Å². The molecule has 0 saturated carbocycles. The quantitative estimate of drug-likeness (QED) is 0.301. The van der Waals surface area contributed by atoms with Crippen LogP contribution in [-0.4, -0.2) is 34.3 Å². The van der Waals surface area contributed by atoms with Crippen LogP contribution in [0.5, 0.6) is 0 Å². The van der Waals surface area contributed by atoms with Crippen LogP contribution in [0.2, 0.25) is 0 Å². The molecule has 33 heavy (non-hydrogen) atoms. The van der Waals surface area contributed by atoms with Gasteiger partial charge in [0.05, 0.1) is 29.5 Å². The number of oxazole rings is 1. The number of sulfonamides is 1. The Kier molecular flexibility index (Phi) is 8.64. The topological polar surface area (TPSA) is 130 Å². The van der Waals surface area contributed by atoms with Gasteiger partial charge in [-0.1, -0.05) is 17.7 Å². The zero-order chi connectivity index (χ0) is 24.8. The molecule has 0 aliphatic carbocycles. The van der Waals surface area contributed by atoms with E-state index in [1.165, 1.54) is 12.1 Å². The normalized spacial score (nSPS) is 12.2. The van der Waals surface area contributed by atoms with E-state index in [0.717, 1.165) is 29.6 Å². The fraction of sp³-hybridized carbons (Fsp3) is 0.318. The molecule has 0 radical (unpaired) electrons. The molecular formula is C22H28N2O7S2.